The molecule has 10 heterocycles. The Labute approximate surface area is 251 Å². The van der Waals surface area contributed by atoms with Gasteiger partial charge in [-0.3, -0.25) is 0 Å². The summed E-state index contributed by atoms with van der Waals surface area (Å²) in [6, 6.07) is 0. The Balaban J connectivity index is 0.0000000992. The number of aliphatic imine (C=N–C) groups is 1. The first-order chi connectivity index (χ1) is 22.3. The summed E-state index contributed by atoms with van der Waals surface area (Å²) in [7, 11) is 0. The average Bonchev–Trinajstić information content (AvgIpc) is 3.95. The molecule has 19 nitrogen and oxygen atoms in total. The molecule has 1 aliphatic rings. The van der Waals surface area contributed by atoms with Crippen molar-refractivity contribution in [3.8, 4) is 0 Å². The van der Waals surface area contributed by atoms with E-state index in [0.717, 1.165) is 39.9 Å². The van der Waals surface area contributed by atoms with E-state index in [4.69, 9.17) is 0 Å². The van der Waals surface area contributed by atoms with Crippen LogP contribution in [-0.4, -0.2) is 95.9 Å². The summed E-state index contributed by atoms with van der Waals surface area (Å²) in [5.74, 6) is 0.824. The van der Waals surface area contributed by atoms with E-state index in [0.29, 0.717) is 22.6 Å². The van der Waals surface area contributed by atoms with E-state index >= 15 is 0 Å². The quantitative estimate of drug-likeness (QED) is 0.195. The van der Waals surface area contributed by atoms with Gasteiger partial charge in [0.05, 0.1) is 50.1 Å². The normalized spacial score (nSPS) is 10.9. The molecule has 0 amide bonds. The minimum absolute atomic E-state index is 0.713. The molecule has 0 saturated carbocycles. The van der Waals surface area contributed by atoms with Crippen molar-refractivity contribution >= 4 is 56.7 Å². The van der Waals surface area contributed by atoms with E-state index in [-0.39, 0.29) is 0 Å². The zero-order valence-corrected chi connectivity index (χ0v) is 23.1. The van der Waals surface area contributed by atoms with Gasteiger partial charge in [0, 0.05) is 24.4 Å². The van der Waals surface area contributed by atoms with E-state index in [1.165, 1.54) is 31.6 Å². The van der Waals surface area contributed by atoms with Crippen LogP contribution in [0.15, 0.2) is 92.9 Å². The van der Waals surface area contributed by atoms with Gasteiger partial charge in [-0.25, -0.2) is 74.8 Å². The molecule has 9 aromatic heterocycles. The summed E-state index contributed by atoms with van der Waals surface area (Å²) < 4.78 is 0. The van der Waals surface area contributed by atoms with Gasteiger partial charge in [0.1, 0.15) is 53.7 Å². The van der Waals surface area contributed by atoms with Crippen LogP contribution in [0.1, 0.15) is 5.56 Å². The second-order valence-corrected chi connectivity index (χ2v) is 8.54. The highest BCUT2D eigenvalue weighted by Crippen LogP contribution is 2.17. The van der Waals surface area contributed by atoms with Gasteiger partial charge in [0.2, 0.25) is 0 Å². The molecule has 220 valence electrons. The number of aromatic amines is 4. The van der Waals surface area contributed by atoms with Crippen LogP contribution in [0, 0.1) is 0 Å². The molecule has 0 aromatic carbocycles. The topological polar surface area (TPSA) is 256 Å². The monoisotopic (exact) mass is 599 g/mol. The first kappa shape index (κ1) is 28.1. The first-order valence-electron chi connectivity index (χ1n) is 13.0. The molecule has 0 unspecified atom stereocenters. The molecule has 0 radical (unpaired) electrons. The van der Waals surface area contributed by atoms with Crippen molar-refractivity contribution in [3.63, 3.8) is 0 Å². The Morgan fingerprint density at radius 1 is 0.400 bits per heavy atom. The lowest BCUT2D eigenvalue weighted by molar-refractivity contribution is 1.12. The van der Waals surface area contributed by atoms with Crippen LogP contribution in [0.4, 0.5) is 5.82 Å². The Bertz CT molecular complexity index is 1860. The number of imidazole rings is 4. The van der Waals surface area contributed by atoms with Crippen LogP contribution >= 0.6 is 0 Å². The van der Waals surface area contributed by atoms with Crippen molar-refractivity contribution < 1.29 is 0 Å². The third-order valence-corrected chi connectivity index (χ3v) is 5.68. The van der Waals surface area contributed by atoms with Gasteiger partial charge < -0.3 is 19.9 Å². The summed E-state index contributed by atoms with van der Waals surface area (Å²) in [5, 5.41) is 0. The number of rotatable bonds is 0. The summed E-state index contributed by atoms with van der Waals surface area (Å²) in [6.45, 7) is 0. The third kappa shape index (κ3) is 7.43. The second kappa shape index (κ2) is 14.2. The summed E-state index contributed by atoms with van der Waals surface area (Å²) in [4.78, 5) is 69.8. The van der Waals surface area contributed by atoms with Crippen LogP contribution in [0.3, 0.4) is 0 Å². The van der Waals surface area contributed by atoms with Crippen LogP contribution < -0.4 is 0 Å². The number of nitrogens with zero attached hydrogens (tertiary/aromatic N) is 15. The van der Waals surface area contributed by atoms with Gasteiger partial charge in [0.25, 0.3) is 0 Å². The van der Waals surface area contributed by atoms with Gasteiger partial charge in [-0.05, 0) is 0 Å². The first-order valence-corrected chi connectivity index (χ1v) is 13.0. The minimum Gasteiger partial charge on any atom is -0.342 e. The number of nitrogens with one attached hydrogen (secondary N) is 4. The van der Waals surface area contributed by atoms with Crippen molar-refractivity contribution in [2.24, 2.45) is 4.99 Å². The van der Waals surface area contributed by atoms with E-state index in [9.17, 15) is 0 Å². The SMILES string of the molecule is C1=Nc2ncncc2C1.c1ncc2[nH]cnc2n1.c1ncc2[nH]cnc2n1.c1ncc2[nH]cnc2n1.c1ncc2[nH]cnc2n1. The largest absolute Gasteiger partial charge is 0.342 e. The molecule has 9 aromatic rings. The maximum Gasteiger partial charge on any atom is 0.180 e. The van der Waals surface area contributed by atoms with Crippen LogP contribution in [0.5, 0.6) is 0 Å². The fourth-order valence-electron chi connectivity index (χ4n) is 3.61. The standard InChI is InChI=1S/C6H5N3.4C5H4N4/c1-2-8-6-5(1)3-7-4-9-6;4*1-4-5(8-2-6-1)9-3-7-4/h2-4H,1H2;4*1-3H,(H,6,7,8,9). The van der Waals surface area contributed by atoms with Crippen molar-refractivity contribution in [1.29, 1.82) is 0 Å². The highest BCUT2D eigenvalue weighted by Gasteiger charge is 2.04. The predicted octanol–water partition coefficient (Wildman–Crippen LogP) is 2.15. The van der Waals surface area contributed by atoms with Crippen molar-refractivity contribution in [2.45, 2.75) is 6.42 Å². The van der Waals surface area contributed by atoms with Gasteiger partial charge in [0.15, 0.2) is 28.4 Å². The molecular formula is C26H21N19. The molecule has 0 fully saturated rings. The molecule has 4 N–H and O–H groups in total. The molecule has 0 bridgehead atoms. The van der Waals surface area contributed by atoms with E-state index in [2.05, 4.69) is 94.7 Å². The van der Waals surface area contributed by atoms with E-state index in [1.54, 1.807) is 56.3 Å². The molecule has 0 saturated heterocycles. The van der Waals surface area contributed by atoms with Crippen LogP contribution in [-0.2, 0) is 6.42 Å². The molecule has 45 heavy (non-hydrogen) atoms. The fourth-order valence-corrected chi connectivity index (χ4v) is 3.61. The van der Waals surface area contributed by atoms with Crippen LogP contribution in [0.2, 0.25) is 0 Å². The maximum atomic E-state index is 4.02. The van der Waals surface area contributed by atoms with Gasteiger partial charge in [-0.2, -0.15) is 0 Å². The number of hydrogen-bond donors (Lipinski definition) is 4. The lowest BCUT2D eigenvalue weighted by Gasteiger charge is -1.89. The average molecular weight is 600 g/mol. The molecule has 0 atom stereocenters. The molecule has 19 heteroatoms. The van der Waals surface area contributed by atoms with E-state index < -0.39 is 0 Å². The Morgan fingerprint density at radius 3 is 1.11 bits per heavy atom. The number of hydrogen-bond acceptors (Lipinski definition) is 15. The molecule has 0 spiro atoms. The van der Waals surface area contributed by atoms with Crippen molar-refractivity contribution in [3.05, 3.63) is 93.5 Å². The second-order valence-electron chi connectivity index (χ2n) is 8.54. The Kier molecular flexibility index (Phi) is 8.88. The molecule has 10 rings (SSSR count). The zero-order chi connectivity index (χ0) is 30.5. The van der Waals surface area contributed by atoms with Gasteiger partial charge >= 0.3 is 0 Å². The maximum absolute atomic E-state index is 4.02. The summed E-state index contributed by atoms with van der Waals surface area (Å²) in [6.07, 6.45) is 25.1. The summed E-state index contributed by atoms with van der Waals surface area (Å²) in [5.41, 5.74) is 7.47. The van der Waals surface area contributed by atoms with Gasteiger partial charge in [-0.1, -0.05) is 0 Å². The van der Waals surface area contributed by atoms with Crippen molar-refractivity contribution in [2.75, 3.05) is 0 Å². The highest BCUT2D eigenvalue weighted by molar-refractivity contribution is 5.73. The number of fused-ring (bicyclic) bond motifs is 5. The lowest BCUT2D eigenvalue weighted by atomic mass is 10.3. The Morgan fingerprint density at radius 2 is 0.756 bits per heavy atom. The lowest BCUT2D eigenvalue weighted by Crippen LogP contribution is -1.82. The van der Waals surface area contributed by atoms with Gasteiger partial charge in [-0.15, -0.1) is 0 Å². The van der Waals surface area contributed by atoms with E-state index in [1.807, 2.05) is 6.21 Å². The number of aromatic nitrogens is 18. The summed E-state index contributed by atoms with van der Waals surface area (Å²) >= 11 is 0. The third-order valence-electron chi connectivity index (χ3n) is 5.68. The number of H-pyrrole nitrogens is 4. The highest BCUT2D eigenvalue weighted by atomic mass is 15.0. The predicted molar refractivity (Wildman–Crippen MR) is 161 cm³/mol. The molecule has 1 aliphatic heterocycles. The van der Waals surface area contributed by atoms with Crippen molar-refractivity contribution in [1.82, 2.24) is 89.7 Å². The Hall–Kier alpha value is -7.05. The molecule has 0 aliphatic carbocycles. The minimum atomic E-state index is 0.713. The zero-order valence-electron chi connectivity index (χ0n) is 23.1. The molecular weight excluding hydrogens is 578 g/mol. The fraction of sp³-hybridized carbons (Fsp3) is 0.0385. The smallest absolute Gasteiger partial charge is 0.180 e. The van der Waals surface area contributed by atoms with Crippen LogP contribution in [0.25, 0.3) is 44.7 Å².